The van der Waals surface area contributed by atoms with Gasteiger partial charge in [-0.2, -0.15) is 4.98 Å². The summed E-state index contributed by atoms with van der Waals surface area (Å²) in [5.74, 6) is 0.00918. The molecule has 0 N–H and O–H groups in total. The Morgan fingerprint density at radius 3 is 2.80 bits per heavy atom. The highest BCUT2D eigenvalue weighted by molar-refractivity contribution is 9.10. The lowest BCUT2D eigenvalue weighted by molar-refractivity contribution is 0.473. The molecule has 1 aromatic carbocycles. The Bertz CT molecular complexity index is 470. The zero-order valence-electron chi connectivity index (χ0n) is 7.21. The summed E-state index contributed by atoms with van der Waals surface area (Å²) in [7, 11) is 0. The minimum atomic E-state index is -0.373. The number of aromatic nitrogens is 1. The van der Waals surface area contributed by atoms with Crippen LogP contribution in [0.3, 0.4) is 0 Å². The summed E-state index contributed by atoms with van der Waals surface area (Å²) >= 11 is 10.0. The highest BCUT2D eigenvalue weighted by Crippen LogP contribution is 2.29. The number of rotatable bonds is 2. The van der Waals surface area contributed by atoms with Gasteiger partial charge in [0, 0.05) is 15.9 Å². The predicted octanol–water partition coefficient (Wildman–Crippen LogP) is 4.49. The van der Waals surface area contributed by atoms with Crippen molar-refractivity contribution >= 4 is 38.9 Å². The first-order valence-corrected chi connectivity index (χ1v) is 5.93. The van der Waals surface area contributed by atoms with E-state index in [1.807, 2.05) is 0 Å². The van der Waals surface area contributed by atoms with E-state index < -0.39 is 0 Å². The Morgan fingerprint density at radius 1 is 1.40 bits per heavy atom. The normalized spacial score (nSPS) is 10.3. The van der Waals surface area contributed by atoms with Crippen LogP contribution >= 0.6 is 38.9 Å². The predicted molar refractivity (Wildman–Crippen MR) is 61.3 cm³/mol. The van der Waals surface area contributed by atoms with Crippen LogP contribution in [-0.2, 0) is 0 Å². The zero-order chi connectivity index (χ0) is 10.8. The Balaban J connectivity index is 2.24. The molecule has 0 aliphatic heterocycles. The summed E-state index contributed by atoms with van der Waals surface area (Å²) in [4.78, 5) is 3.89. The highest BCUT2D eigenvalue weighted by atomic mass is 79.9. The van der Waals surface area contributed by atoms with E-state index in [0.717, 1.165) is 0 Å². The number of hydrogen-bond acceptors (Lipinski definition) is 3. The molecule has 0 bridgehead atoms. The van der Waals surface area contributed by atoms with Crippen LogP contribution < -0.4 is 4.74 Å². The maximum absolute atomic E-state index is 13.0. The lowest BCUT2D eigenvalue weighted by atomic mass is 10.3. The van der Waals surface area contributed by atoms with Gasteiger partial charge in [0.25, 0.3) is 5.19 Å². The molecule has 2 aromatic rings. The topological polar surface area (TPSA) is 22.1 Å². The monoisotopic (exact) mass is 307 g/mol. The van der Waals surface area contributed by atoms with Gasteiger partial charge in [-0.25, -0.2) is 4.39 Å². The van der Waals surface area contributed by atoms with Gasteiger partial charge in [-0.15, -0.1) is 0 Å². The van der Waals surface area contributed by atoms with Crippen LogP contribution in [0.5, 0.6) is 10.9 Å². The first kappa shape index (κ1) is 10.9. The van der Waals surface area contributed by atoms with Crippen molar-refractivity contribution in [3.05, 3.63) is 39.0 Å². The molecule has 6 heteroatoms. The molecule has 15 heavy (non-hydrogen) atoms. The highest BCUT2D eigenvalue weighted by Gasteiger charge is 2.04. The van der Waals surface area contributed by atoms with Crippen molar-refractivity contribution in [2.75, 3.05) is 0 Å². The molecule has 2 nitrogen and oxygen atoms in total. The second-order valence-electron chi connectivity index (χ2n) is 2.64. The summed E-state index contributed by atoms with van der Waals surface area (Å²) in [6, 6.07) is 4.28. The van der Waals surface area contributed by atoms with E-state index in [-0.39, 0.29) is 5.82 Å². The lowest BCUT2D eigenvalue weighted by Gasteiger charge is -2.01. The molecule has 0 saturated heterocycles. The molecule has 0 aliphatic carbocycles. The molecule has 2 rings (SSSR count). The van der Waals surface area contributed by atoms with Gasteiger partial charge in [0.1, 0.15) is 16.7 Å². The standard InChI is InChI=1S/C9H4BrClFNOS/c10-5-1-6(12)3-7(2-5)14-9-13-8(11)4-15-9/h1-4H. The number of ether oxygens (including phenoxy) is 1. The van der Waals surface area contributed by atoms with Gasteiger partial charge in [0.05, 0.1) is 0 Å². The smallest absolute Gasteiger partial charge is 0.280 e. The molecule has 0 spiro atoms. The van der Waals surface area contributed by atoms with Gasteiger partial charge in [-0.05, 0) is 12.1 Å². The van der Waals surface area contributed by atoms with Gasteiger partial charge < -0.3 is 4.74 Å². The van der Waals surface area contributed by atoms with Gasteiger partial charge >= 0.3 is 0 Å². The quantitative estimate of drug-likeness (QED) is 0.815. The molecule has 0 radical (unpaired) electrons. The van der Waals surface area contributed by atoms with Gasteiger partial charge in [-0.3, -0.25) is 0 Å². The summed E-state index contributed by atoms with van der Waals surface area (Å²) in [6.45, 7) is 0. The maximum Gasteiger partial charge on any atom is 0.280 e. The van der Waals surface area contributed by atoms with Crippen molar-refractivity contribution in [2.45, 2.75) is 0 Å². The SMILES string of the molecule is Fc1cc(Br)cc(Oc2nc(Cl)cs2)c1. The van der Waals surface area contributed by atoms with E-state index in [1.54, 1.807) is 11.4 Å². The molecule has 1 aromatic heterocycles. The molecule has 0 amide bonds. The fourth-order valence-electron chi connectivity index (χ4n) is 0.974. The van der Waals surface area contributed by atoms with Crippen molar-refractivity contribution in [2.24, 2.45) is 0 Å². The molecule has 0 fully saturated rings. The minimum Gasteiger partial charge on any atom is -0.431 e. The van der Waals surface area contributed by atoms with Gasteiger partial charge in [-0.1, -0.05) is 38.9 Å². The maximum atomic E-state index is 13.0. The van der Waals surface area contributed by atoms with Crippen molar-refractivity contribution in [3.63, 3.8) is 0 Å². The Labute approximate surface area is 103 Å². The number of hydrogen-bond donors (Lipinski definition) is 0. The average molecular weight is 309 g/mol. The third kappa shape index (κ3) is 2.90. The fourth-order valence-corrected chi connectivity index (χ4v) is 2.23. The summed E-state index contributed by atoms with van der Waals surface area (Å²) in [5.41, 5.74) is 0. The van der Waals surface area contributed by atoms with Crippen LogP contribution in [0.25, 0.3) is 0 Å². The Hall–Kier alpha value is -0.650. The lowest BCUT2D eigenvalue weighted by Crippen LogP contribution is -1.84. The number of thiazole rings is 1. The second-order valence-corrected chi connectivity index (χ2v) is 4.77. The average Bonchev–Trinajstić information content (AvgIpc) is 2.49. The van der Waals surface area contributed by atoms with Crippen LogP contribution in [0, 0.1) is 5.82 Å². The van der Waals surface area contributed by atoms with Crippen molar-refractivity contribution in [1.82, 2.24) is 4.98 Å². The first-order chi connectivity index (χ1) is 7.13. The summed E-state index contributed by atoms with van der Waals surface area (Å²) in [5, 5.41) is 2.40. The molecule has 0 unspecified atom stereocenters. The third-order valence-electron chi connectivity index (χ3n) is 1.50. The van der Waals surface area contributed by atoms with E-state index in [1.165, 1.54) is 23.5 Å². The second kappa shape index (κ2) is 4.47. The minimum absolute atomic E-state index is 0.366. The van der Waals surface area contributed by atoms with E-state index in [9.17, 15) is 4.39 Å². The van der Waals surface area contributed by atoms with Crippen LogP contribution in [0.1, 0.15) is 0 Å². The first-order valence-electron chi connectivity index (χ1n) is 3.88. The molecule has 0 saturated carbocycles. The van der Waals surface area contributed by atoms with E-state index in [2.05, 4.69) is 20.9 Å². The van der Waals surface area contributed by atoms with Crippen molar-refractivity contribution in [1.29, 1.82) is 0 Å². The fraction of sp³-hybridized carbons (Fsp3) is 0. The van der Waals surface area contributed by atoms with E-state index >= 15 is 0 Å². The Morgan fingerprint density at radius 2 is 2.20 bits per heavy atom. The molecule has 78 valence electrons. The zero-order valence-corrected chi connectivity index (χ0v) is 10.4. The number of halogens is 3. The molecule has 0 aliphatic rings. The number of nitrogens with zero attached hydrogens (tertiary/aromatic N) is 1. The molecular formula is C9H4BrClFNOS. The van der Waals surface area contributed by atoms with Crippen LogP contribution in [0.2, 0.25) is 5.15 Å². The van der Waals surface area contributed by atoms with E-state index in [0.29, 0.717) is 20.6 Å². The number of benzene rings is 1. The van der Waals surface area contributed by atoms with Gasteiger partial charge in [0.15, 0.2) is 0 Å². The third-order valence-corrected chi connectivity index (χ3v) is 2.99. The van der Waals surface area contributed by atoms with Crippen LogP contribution in [-0.4, -0.2) is 4.98 Å². The largest absolute Gasteiger partial charge is 0.431 e. The van der Waals surface area contributed by atoms with E-state index in [4.69, 9.17) is 16.3 Å². The molecule has 1 heterocycles. The Kier molecular flexibility index (Phi) is 3.23. The summed E-state index contributed by atoms with van der Waals surface area (Å²) < 4.78 is 18.9. The molecule has 0 atom stereocenters. The van der Waals surface area contributed by atoms with Gasteiger partial charge in [0.2, 0.25) is 0 Å². The molecular weight excluding hydrogens is 305 g/mol. The van der Waals surface area contributed by atoms with Crippen LogP contribution in [0.4, 0.5) is 4.39 Å². The van der Waals surface area contributed by atoms with Crippen molar-refractivity contribution in [3.8, 4) is 10.9 Å². The van der Waals surface area contributed by atoms with Crippen LogP contribution in [0.15, 0.2) is 28.1 Å². The van der Waals surface area contributed by atoms with Crippen molar-refractivity contribution < 1.29 is 9.13 Å². The summed E-state index contributed by atoms with van der Waals surface area (Å²) in [6.07, 6.45) is 0.